The Hall–Kier alpha value is -4.35. The fraction of sp³-hybridized carbons (Fsp3) is 0.429. The fourth-order valence-corrected chi connectivity index (χ4v) is 6.51. The molecule has 1 aliphatic rings. The highest BCUT2D eigenvalue weighted by Crippen LogP contribution is 2.34. The van der Waals surface area contributed by atoms with Crippen LogP contribution in [0, 0.1) is 24.1 Å². The van der Waals surface area contributed by atoms with E-state index in [1.165, 1.54) is 47.1 Å². The van der Waals surface area contributed by atoms with Crippen LogP contribution in [0.2, 0.25) is 0 Å². The molecule has 0 aliphatic carbocycles. The normalized spacial score (nSPS) is 14.7. The number of thiophene rings is 1. The van der Waals surface area contributed by atoms with Crippen molar-refractivity contribution in [3.05, 3.63) is 68.4 Å². The minimum Gasteiger partial charge on any atom is -0.496 e. The second kappa shape index (κ2) is 12.3. The molecule has 0 bridgehead atoms. The number of aromatic nitrogens is 5. The number of hydrogen-bond acceptors (Lipinski definition) is 9. The Morgan fingerprint density at radius 2 is 1.93 bits per heavy atom. The number of hydrogen-bond donors (Lipinski definition) is 0. The van der Waals surface area contributed by atoms with Crippen molar-refractivity contribution in [3.8, 4) is 16.8 Å². The van der Waals surface area contributed by atoms with Crippen LogP contribution in [0.15, 0.2) is 40.2 Å². The van der Waals surface area contributed by atoms with Gasteiger partial charge < -0.3 is 14.4 Å². The van der Waals surface area contributed by atoms with Crippen molar-refractivity contribution in [3.63, 3.8) is 0 Å². The van der Waals surface area contributed by atoms with Gasteiger partial charge in [-0.15, -0.1) is 4.80 Å². The molecule has 5 rings (SSSR count). The molecule has 1 amide bonds. The summed E-state index contributed by atoms with van der Waals surface area (Å²) in [6.07, 6.45) is 3.85. The molecular weight excluding hydrogens is 565 g/mol. The third-order valence-electron chi connectivity index (χ3n) is 7.40. The number of rotatable bonds is 10. The molecule has 0 saturated carbocycles. The molecule has 0 radical (unpaired) electrons. The Morgan fingerprint density at radius 1 is 1.21 bits per heavy atom. The number of halogens is 1. The van der Waals surface area contributed by atoms with E-state index in [0.717, 1.165) is 28.7 Å². The zero-order valence-electron chi connectivity index (χ0n) is 23.4. The average molecular weight is 596 g/mol. The molecule has 42 heavy (non-hydrogen) atoms. The molecule has 0 N–H and O–H groups in total. The highest BCUT2D eigenvalue weighted by Gasteiger charge is 2.31. The summed E-state index contributed by atoms with van der Waals surface area (Å²) in [5.74, 6) is -0.517. The fourth-order valence-electron chi connectivity index (χ4n) is 5.29. The molecule has 1 aliphatic heterocycles. The van der Waals surface area contributed by atoms with E-state index in [9.17, 15) is 18.8 Å². The smallest absolute Gasteiger partial charge is 0.332 e. The summed E-state index contributed by atoms with van der Waals surface area (Å²) in [7, 11) is 1.44. The molecule has 4 aromatic rings. The number of likely N-dealkylation sites (tertiary alicyclic amines) is 1. The van der Waals surface area contributed by atoms with Crippen LogP contribution in [0.4, 0.5) is 4.39 Å². The summed E-state index contributed by atoms with van der Waals surface area (Å²) in [4.78, 5) is 44.9. The van der Waals surface area contributed by atoms with Gasteiger partial charge in [-0.1, -0.05) is 11.3 Å². The minimum atomic E-state index is -1.06. The molecule has 2 atom stereocenters. The van der Waals surface area contributed by atoms with E-state index in [4.69, 9.17) is 14.7 Å². The predicted molar refractivity (Wildman–Crippen MR) is 152 cm³/mol. The van der Waals surface area contributed by atoms with E-state index in [1.807, 2.05) is 6.07 Å². The molecule has 0 spiro atoms. The van der Waals surface area contributed by atoms with E-state index >= 15 is 0 Å². The second-order valence-electron chi connectivity index (χ2n) is 9.96. The van der Waals surface area contributed by atoms with Gasteiger partial charge >= 0.3 is 5.69 Å². The van der Waals surface area contributed by atoms with Crippen molar-refractivity contribution in [2.24, 2.45) is 0 Å². The molecule has 14 heteroatoms. The van der Waals surface area contributed by atoms with Crippen LogP contribution < -0.4 is 16.0 Å². The van der Waals surface area contributed by atoms with Crippen LogP contribution in [0.25, 0.3) is 15.2 Å². The van der Waals surface area contributed by atoms with Crippen molar-refractivity contribution in [1.29, 1.82) is 5.26 Å². The molecule has 220 valence electrons. The lowest BCUT2D eigenvalue weighted by atomic mass is 10.1. The van der Waals surface area contributed by atoms with Crippen LogP contribution in [-0.4, -0.2) is 61.7 Å². The summed E-state index contributed by atoms with van der Waals surface area (Å²) in [6.45, 7) is 4.27. The van der Waals surface area contributed by atoms with Crippen molar-refractivity contribution < 1.29 is 18.7 Å². The Kier molecular flexibility index (Phi) is 8.51. The highest BCUT2D eigenvalue weighted by atomic mass is 32.1. The van der Waals surface area contributed by atoms with Gasteiger partial charge in [0.2, 0.25) is 5.91 Å². The largest absolute Gasteiger partial charge is 0.496 e. The number of nitriles is 1. The van der Waals surface area contributed by atoms with Crippen molar-refractivity contribution in [1.82, 2.24) is 29.0 Å². The quantitative estimate of drug-likeness (QED) is 0.255. The molecule has 12 nitrogen and oxygen atoms in total. The van der Waals surface area contributed by atoms with Crippen LogP contribution in [0.3, 0.4) is 0 Å². The summed E-state index contributed by atoms with van der Waals surface area (Å²) in [5, 5.41) is 18.3. The van der Waals surface area contributed by atoms with Crippen molar-refractivity contribution in [2.75, 3.05) is 26.8 Å². The number of fused-ring (bicyclic) bond motifs is 1. The first-order valence-electron chi connectivity index (χ1n) is 13.5. The Labute approximate surface area is 244 Å². The summed E-state index contributed by atoms with van der Waals surface area (Å²) in [6, 6.07) is 4.91. The van der Waals surface area contributed by atoms with Crippen LogP contribution in [0.5, 0.6) is 5.75 Å². The molecule has 4 heterocycles. The first kappa shape index (κ1) is 29.2. The Balaban J connectivity index is 1.73. The number of benzene rings is 1. The molecule has 1 unspecified atom stereocenters. The van der Waals surface area contributed by atoms with Gasteiger partial charge in [-0.05, 0) is 44.9 Å². The molecule has 3 aromatic heterocycles. The van der Waals surface area contributed by atoms with Crippen LogP contribution in [-0.2, 0) is 16.1 Å². The third kappa shape index (κ3) is 5.33. The predicted octanol–water partition coefficient (Wildman–Crippen LogP) is 3.12. The van der Waals surface area contributed by atoms with Gasteiger partial charge in [-0.3, -0.25) is 14.2 Å². The van der Waals surface area contributed by atoms with E-state index in [2.05, 4.69) is 10.2 Å². The van der Waals surface area contributed by atoms with E-state index in [1.54, 1.807) is 18.7 Å². The lowest BCUT2D eigenvalue weighted by Crippen LogP contribution is -2.47. The zero-order chi connectivity index (χ0) is 30.0. The van der Waals surface area contributed by atoms with E-state index in [-0.39, 0.29) is 30.9 Å². The minimum absolute atomic E-state index is 0.00808. The van der Waals surface area contributed by atoms with Crippen LogP contribution in [0.1, 0.15) is 49.5 Å². The summed E-state index contributed by atoms with van der Waals surface area (Å²) < 4.78 is 28.3. The van der Waals surface area contributed by atoms with Crippen LogP contribution >= 0.6 is 11.3 Å². The number of methoxy groups -OCH3 is 1. The van der Waals surface area contributed by atoms with Gasteiger partial charge in [0, 0.05) is 24.2 Å². The lowest BCUT2D eigenvalue weighted by molar-refractivity contribution is -0.133. The number of nitrogens with zero attached hydrogens (tertiary/aromatic N) is 7. The highest BCUT2D eigenvalue weighted by molar-refractivity contribution is 7.21. The zero-order valence-corrected chi connectivity index (χ0v) is 24.3. The monoisotopic (exact) mass is 595 g/mol. The van der Waals surface area contributed by atoms with Gasteiger partial charge in [-0.2, -0.15) is 15.5 Å². The molecule has 1 aromatic carbocycles. The number of carbonyl (C=O) groups is 1. The maximum atomic E-state index is 14.4. The molecule has 1 fully saturated rings. The maximum absolute atomic E-state index is 14.4. The third-order valence-corrected chi connectivity index (χ3v) is 8.68. The standard InChI is InChI=1S/C28H30FN7O5S/c1-17-23-25(38)35(18(2)24(37)33-12-4-5-13-33)28(39)34(27(23)42-26(17)36-31-10-11-32-36)16-22(41-14-6-9-30)20-15-19(29)7-8-21(20)40-3/h7-8,10-11,15,18,22H,4-6,12-14,16H2,1-3H3/t18?,22-/m0/s1. The average Bonchev–Trinajstić information content (AvgIpc) is 3.76. The topological polar surface area (TPSA) is 137 Å². The lowest BCUT2D eigenvalue weighted by Gasteiger charge is -2.24. The van der Waals surface area contributed by atoms with Gasteiger partial charge in [-0.25, -0.2) is 13.8 Å². The van der Waals surface area contributed by atoms with Crippen molar-refractivity contribution in [2.45, 2.75) is 51.8 Å². The second-order valence-corrected chi connectivity index (χ2v) is 10.9. The molecule has 1 saturated heterocycles. The van der Waals surface area contributed by atoms with Gasteiger partial charge in [0.1, 0.15) is 33.5 Å². The Morgan fingerprint density at radius 3 is 2.60 bits per heavy atom. The SMILES string of the molecule is COc1ccc(F)cc1[C@H](Cn1c(=O)n(C(C)C(=O)N2CCCC2)c(=O)c2c(C)c(-n3nccn3)sc21)OCCC#N. The van der Waals surface area contributed by atoms with Gasteiger partial charge in [0.15, 0.2) is 0 Å². The van der Waals surface area contributed by atoms with Crippen molar-refractivity contribution >= 4 is 27.5 Å². The number of amides is 1. The first-order chi connectivity index (χ1) is 20.3. The Bertz CT molecular complexity index is 1770. The number of ether oxygens (including phenoxy) is 2. The summed E-state index contributed by atoms with van der Waals surface area (Å²) in [5.41, 5.74) is -0.428. The number of aryl methyl sites for hydroxylation is 1. The first-order valence-corrected chi connectivity index (χ1v) is 14.3. The van der Waals surface area contributed by atoms with Gasteiger partial charge in [0.05, 0.1) is 50.5 Å². The maximum Gasteiger partial charge on any atom is 0.332 e. The molecular formula is C28H30FN7O5S. The summed E-state index contributed by atoms with van der Waals surface area (Å²) >= 11 is 1.15. The number of carbonyl (C=O) groups excluding carboxylic acids is 1. The van der Waals surface area contributed by atoms with E-state index < -0.39 is 29.2 Å². The van der Waals surface area contributed by atoms with Gasteiger partial charge in [0.25, 0.3) is 5.56 Å². The van der Waals surface area contributed by atoms with E-state index in [0.29, 0.717) is 39.8 Å².